The van der Waals surface area contributed by atoms with Gasteiger partial charge in [0.05, 0.1) is 30.1 Å². The van der Waals surface area contributed by atoms with E-state index in [9.17, 15) is 9.59 Å². The average molecular weight is 505 g/mol. The van der Waals surface area contributed by atoms with Crippen LogP contribution in [-0.4, -0.2) is 65.1 Å². The van der Waals surface area contributed by atoms with Crippen molar-refractivity contribution in [3.05, 3.63) is 45.7 Å². The zero-order valence-corrected chi connectivity index (χ0v) is 20.6. The van der Waals surface area contributed by atoms with Crippen LogP contribution in [0.15, 0.2) is 29.2 Å². The summed E-state index contributed by atoms with van der Waals surface area (Å²) in [6.07, 6.45) is 1.06. The minimum Gasteiger partial charge on any atom is -0.492 e. The maximum Gasteiger partial charge on any atom is 0.410 e. The Hall–Kier alpha value is -3.60. The first-order valence-corrected chi connectivity index (χ1v) is 11.4. The molecule has 35 heavy (non-hydrogen) atoms. The lowest BCUT2D eigenvalue weighted by Gasteiger charge is -2.37. The number of halogens is 2. The fourth-order valence-corrected chi connectivity index (χ4v) is 4.05. The van der Waals surface area contributed by atoms with Crippen LogP contribution in [0, 0.1) is 5.82 Å². The molecule has 10 nitrogen and oxygen atoms in total. The van der Waals surface area contributed by atoms with Crippen LogP contribution in [0.2, 0.25) is 5.15 Å². The van der Waals surface area contributed by atoms with Gasteiger partial charge in [-0.25, -0.2) is 19.3 Å². The summed E-state index contributed by atoms with van der Waals surface area (Å²) in [7, 11) is 1.36. The van der Waals surface area contributed by atoms with E-state index in [4.69, 9.17) is 21.1 Å². The van der Waals surface area contributed by atoms with Crippen LogP contribution in [-0.2, 0) is 4.74 Å². The lowest BCUT2D eigenvalue weighted by atomic mass is 10.2. The Kier molecular flexibility index (Phi) is 6.70. The molecule has 1 aliphatic rings. The summed E-state index contributed by atoms with van der Waals surface area (Å²) < 4.78 is 26.3. The number of carbonyl (C=O) groups excluding carboxylic acids is 1. The van der Waals surface area contributed by atoms with E-state index < -0.39 is 17.0 Å². The molecule has 12 heteroatoms. The molecule has 1 aromatic carbocycles. The summed E-state index contributed by atoms with van der Waals surface area (Å²) in [5, 5.41) is 9.95. The van der Waals surface area contributed by atoms with Gasteiger partial charge in [0.2, 0.25) is 0 Å². The average Bonchev–Trinajstić information content (AvgIpc) is 2.78. The van der Waals surface area contributed by atoms with Crippen LogP contribution in [0.25, 0.3) is 10.8 Å². The molecule has 0 aliphatic carbocycles. The van der Waals surface area contributed by atoms with E-state index in [0.717, 1.165) is 0 Å². The Morgan fingerprint density at radius 2 is 1.94 bits per heavy atom. The number of fused-ring (bicyclic) bond motifs is 1. The van der Waals surface area contributed by atoms with Crippen LogP contribution >= 0.6 is 11.6 Å². The molecule has 1 fully saturated rings. The molecule has 0 bridgehead atoms. The summed E-state index contributed by atoms with van der Waals surface area (Å²) in [6.45, 7) is 7.08. The molecule has 3 heterocycles. The molecule has 1 amide bonds. The zero-order chi connectivity index (χ0) is 25.3. The van der Waals surface area contributed by atoms with Gasteiger partial charge in [-0.15, -0.1) is 0 Å². The van der Waals surface area contributed by atoms with E-state index >= 15 is 4.39 Å². The lowest BCUT2D eigenvalue weighted by molar-refractivity contribution is 0.0240. The standard InChI is InChI=1S/C23H26ClFN6O4/c1-23(2,3)35-22(33)31-9-7-30(8-10-31)15-6-5-14(19(34-4)18(15)25)27-20-17-13(11-16(24)28-20)12-26-29-21(17)32/h5-6,11-12H,7-10H2,1-4H3,(H,27,28)(H,29,32). The van der Waals surface area contributed by atoms with Gasteiger partial charge in [-0.2, -0.15) is 5.10 Å². The maximum absolute atomic E-state index is 15.5. The second-order valence-electron chi connectivity index (χ2n) is 9.02. The van der Waals surface area contributed by atoms with E-state index in [2.05, 4.69) is 20.5 Å². The van der Waals surface area contributed by atoms with Gasteiger partial charge in [0.25, 0.3) is 5.56 Å². The van der Waals surface area contributed by atoms with Crippen molar-refractivity contribution < 1.29 is 18.7 Å². The third kappa shape index (κ3) is 5.24. The minimum absolute atomic E-state index is 0.0440. The van der Waals surface area contributed by atoms with E-state index in [-0.39, 0.29) is 33.9 Å². The first-order chi connectivity index (χ1) is 16.6. The largest absolute Gasteiger partial charge is 0.492 e. The number of rotatable bonds is 4. The highest BCUT2D eigenvalue weighted by Gasteiger charge is 2.28. The highest BCUT2D eigenvalue weighted by molar-refractivity contribution is 6.30. The van der Waals surface area contributed by atoms with Crippen molar-refractivity contribution in [1.29, 1.82) is 0 Å². The van der Waals surface area contributed by atoms with E-state index in [1.165, 1.54) is 19.4 Å². The Bertz CT molecular complexity index is 1320. The summed E-state index contributed by atoms with van der Waals surface area (Å²) in [5.41, 5.74) is -0.440. The van der Waals surface area contributed by atoms with Crippen LogP contribution < -0.4 is 20.5 Å². The smallest absolute Gasteiger partial charge is 0.410 e. The predicted molar refractivity (Wildman–Crippen MR) is 131 cm³/mol. The number of H-pyrrole nitrogens is 1. The highest BCUT2D eigenvalue weighted by Crippen LogP contribution is 2.37. The first kappa shape index (κ1) is 24.5. The third-order valence-electron chi connectivity index (χ3n) is 5.42. The molecule has 1 saturated heterocycles. The number of aromatic nitrogens is 3. The molecular formula is C23H26ClFN6O4. The maximum atomic E-state index is 15.5. The van der Waals surface area contributed by atoms with E-state index in [1.807, 2.05) is 25.7 Å². The number of nitrogens with zero attached hydrogens (tertiary/aromatic N) is 4. The van der Waals surface area contributed by atoms with Gasteiger partial charge in [0.1, 0.15) is 16.6 Å². The number of nitrogens with one attached hydrogen (secondary N) is 2. The summed E-state index contributed by atoms with van der Waals surface area (Å²) in [4.78, 5) is 32.3. The van der Waals surface area contributed by atoms with Gasteiger partial charge in [-0.3, -0.25) is 4.79 Å². The van der Waals surface area contributed by atoms with Crippen molar-refractivity contribution in [2.75, 3.05) is 43.5 Å². The van der Waals surface area contributed by atoms with Gasteiger partial charge in [-0.05, 0) is 39.0 Å². The van der Waals surface area contributed by atoms with Gasteiger partial charge in [0, 0.05) is 31.6 Å². The Morgan fingerprint density at radius 1 is 1.23 bits per heavy atom. The van der Waals surface area contributed by atoms with Crippen molar-refractivity contribution in [2.24, 2.45) is 0 Å². The van der Waals surface area contributed by atoms with Gasteiger partial charge in [-0.1, -0.05) is 11.6 Å². The number of carbonyl (C=O) groups is 1. The third-order valence-corrected chi connectivity index (χ3v) is 5.62. The summed E-state index contributed by atoms with van der Waals surface area (Å²) in [6, 6.07) is 4.77. The first-order valence-electron chi connectivity index (χ1n) is 11.0. The molecule has 0 radical (unpaired) electrons. The number of ether oxygens (including phenoxy) is 2. The molecule has 1 aliphatic heterocycles. The second kappa shape index (κ2) is 9.57. The SMILES string of the molecule is COc1c(Nc2nc(Cl)cc3cn[nH]c(=O)c23)ccc(N2CCN(C(=O)OC(C)(C)C)CC2)c1F. The van der Waals surface area contributed by atoms with E-state index in [1.54, 1.807) is 17.0 Å². The molecule has 0 spiro atoms. The van der Waals surface area contributed by atoms with Crippen molar-refractivity contribution in [3.8, 4) is 5.75 Å². The number of hydrogen-bond acceptors (Lipinski definition) is 8. The van der Waals surface area contributed by atoms with Crippen molar-refractivity contribution in [2.45, 2.75) is 26.4 Å². The normalized spacial score (nSPS) is 14.2. The van der Waals surface area contributed by atoms with Crippen LogP contribution in [0.5, 0.6) is 5.75 Å². The number of amides is 1. The number of benzene rings is 1. The van der Waals surface area contributed by atoms with Crippen molar-refractivity contribution in [3.63, 3.8) is 0 Å². The quantitative estimate of drug-likeness (QED) is 0.514. The van der Waals surface area contributed by atoms with E-state index in [0.29, 0.717) is 37.3 Å². The number of anilines is 3. The molecule has 186 valence electrons. The van der Waals surface area contributed by atoms with Gasteiger partial charge in [0.15, 0.2) is 11.6 Å². The molecule has 0 unspecified atom stereocenters. The summed E-state index contributed by atoms with van der Waals surface area (Å²) in [5.74, 6) is -0.477. The lowest BCUT2D eigenvalue weighted by Crippen LogP contribution is -2.50. The molecule has 0 saturated carbocycles. The number of aromatic amines is 1. The van der Waals surface area contributed by atoms with Crippen molar-refractivity contribution in [1.82, 2.24) is 20.1 Å². The number of pyridine rings is 1. The van der Waals surface area contributed by atoms with Crippen molar-refractivity contribution >= 4 is 45.7 Å². The molecule has 0 atom stereocenters. The van der Waals surface area contributed by atoms with Crippen LogP contribution in [0.3, 0.4) is 0 Å². The fourth-order valence-electron chi connectivity index (χ4n) is 3.85. The second-order valence-corrected chi connectivity index (χ2v) is 9.40. The van der Waals surface area contributed by atoms with Gasteiger partial charge < -0.3 is 24.6 Å². The van der Waals surface area contributed by atoms with Crippen LogP contribution in [0.1, 0.15) is 20.8 Å². The van der Waals surface area contributed by atoms with Gasteiger partial charge >= 0.3 is 6.09 Å². The van der Waals surface area contributed by atoms with Crippen LogP contribution in [0.4, 0.5) is 26.4 Å². The number of methoxy groups -OCH3 is 1. The Labute approximate surface area is 206 Å². The fraction of sp³-hybridized carbons (Fsp3) is 0.391. The summed E-state index contributed by atoms with van der Waals surface area (Å²) >= 11 is 6.10. The monoisotopic (exact) mass is 504 g/mol. The number of hydrogen-bond donors (Lipinski definition) is 2. The molecule has 2 aromatic heterocycles. The Balaban J connectivity index is 1.57. The topological polar surface area (TPSA) is 113 Å². The molecule has 2 N–H and O–H groups in total. The minimum atomic E-state index is -0.582. The molecular weight excluding hydrogens is 479 g/mol. The Morgan fingerprint density at radius 3 is 2.60 bits per heavy atom. The molecule has 4 rings (SSSR count). The zero-order valence-electron chi connectivity index (χ0n) is 19.8. The predicted octanol–water partition coefficient (Wildman–Crippen LogP) is 3.92. The highest BCUT2D eigenvalue weighted by atomic mass is 35.5. The molecule has 3 aromatic rings. The number of piperazine rings is 1.